The number of hydrogen-bond donors (Lipinski definition) is 2. The Hall–Kier alpha value is -4.09. The summed E-state index contributed by atoms with van der Waals surface area (Å²) in [5, 5.41) is 11.4. The summed E-state index contributed by atoms with van der Waals surface area (Å²) in [6.45, 7) is 0. The number of furan rings is 1. The average molecular weight is 454 g/mol. The topological polar surface area (TPSA) is 124 Å². The molecule has 5 aromatic rings. The van der Waals surface area contributed by atoms with Crippen LogP contribution in [0, 0.1) is 11.3 Å². The predicted molar refractivity (Wildman–Crippen MR) is 129 cm³/mol. The number of hydrogen-bond acceptors (Lipinski definition) is 7. The lowest BCUT2D eigenvalue weighted by Gasteiger charge is -2.14. The Balaban J connectivity index is 1.63. The number of thiophene rings is 1. The summed E-state index contributed by atoms with van der Waals surface area (Å²) in [5.74, 6) is 0.357. The van der Waals surface area contributed by atoms with Crippen LogP contribution in [0.3, 0.4) is 0 Å². The van der Waals surface area contributed by atoms with Crippen LogP contribution in [0.15, 0.2) is 47.1 Å². The zero-order chi connectivity index (χ0) is 22.7. The SMILES string of the molecule is N#Cc1c(N)nc2sc(C(=O)n3c4c(c5ccccc53)CCCC4)c(N)c2c1-c1ccco1. The number of anilines is 2. The van der Waals surface area contributed by atoms with E-state index in [1.54, 1.807) is 12.1 Å². The van der Waals surface area contributed by atoms with Gasteiger partial charge in [-0.3, -0.25) is 9.36 Å². The smallest absolute Gasteiger partial charge is 0.274 e. The number of carbonyl (C=O) groups is 1. The van der Waals surface area contributed by atoms with Crippen molar-refractivity contribution in [3.63, 3.8) is 0 Å². The lowest BCUT2D eigenvalue weighted by atomic mass is 9.95. The van der Waals surface area contributed by atoms with Crippen LogP contribution in [0.2, 0.25) is 0 Å². The van der Waals surface area contributed by atoms with Crippen molar-refractivity contribution in [1.29, 1.82) is 5.26 Å². The molecule has 0 bridgehead atoms. The van der Waals surface area contributed by atoms with E-state index >= 15 is 0 Å². The first-order valence-corrected chi connectivity index (χ1v) is 11.5. The van der Waals surface area contributed by atoms with E-state index in [-0.39, 0.29) is 23.0 Å². The molecule has 0 saturated heterocycles. The molecule has 1 aromatic carbocycles. The standard InChI is InChI=1S/C25H19N5O2S/c26-12-15-19(18-10-5-11-32-18)20-21(27)22(33-24(20)29-23(15)28)25(31)30-16-8-3-1-6-13(16)14-7-2-4-9-17(14)30/h1,3,5-6,8,10-11H,2,4,7,9,27H2,(H2,28,29). The molecule has 7 nitrogen and oxygen atoms in total. The molecule has 0 unspecified atom stereocenters. The molecule has 4 heterocycles. The number of fused-ring (bicyclic) bond motifs is 4. The molecule has 0 fully saturated rings. The number of para-hydroxylation sites is 1. The number of nitrogens with two attached hydrogens (primary N) is 2. The Kier molecular flexibility index (Phi) is 4.28. The molecule has 4 aromatic heterocycles. The summed E-state index contributed by atoms with van der Waals surface area (Å²) >= 11 is 1.20. The number of rotatable bonds is 2. The summed E-state index contributed by atoms with van der Waals surface area (Å²) in [6, 6.07) is 13.6. The first kappa shape index (κ1) is 19.6. The maximum Gasteiger partial charge on any atom is 0.274 e. The second-order valence-corrected chi connectivity index (χ2v) is 9.15. The largest absolute Gasteiger partial charge is 0.464 e. The number of nitrogen functional groups attached to an aromatic ring is 2. The summed E-state index contributed by atoms with van der Waals surface area (Å²) < 4.78 is 7.39. The third kappa shape index (κ3) is 2.73. The van der Waals surface area contributed by atoms with Crippen LogP contribution in [0.5, 0.6) is 0 Å². The molecule has 8 heteroatoms. The Morgan fingerprint density at radius 1 is 1.15 bits per heavy atom. The molecule has 0 aliphatic heterocycles. The van der Waals surface area contributed by atoms with E-state index in [0.29, 0.717) is 26.4 Å². The van der Waals surface area contributed by atoms with E-state index in [2.05, 4.69) is 17.1 Å². The van der Waals surface area contributed by atoms with Crippen LogP contribution in [0.1, 0.15) is 39.3 Å². The van der Waals surface area contributed by atoms with E-state index < -0.39 is 0 Å². The quantitative estimate of drug-likeness (QED) is 0.382. The Bertz CT molecular complexity index is 1620. The van der Waals surface area contributed by atoms with Crippen molar-refractivity contribution in [1.82, 2.24) is 9.55 Å². The molecule has 0 amide bonds. The minimum atomic E-state index is -0.183. The van der Waals surface area contributed by atoms with Crippen LogP contribution < -0.4 is 11.5 Å². The molecule has 0 spiro atoms. The molecule has 1 aliphatic carbocycles. The van der Waals surface area contributed by atoms with Gasteiger partial charge in [0.25, 0.3) is 5.91 Å². The molecule has 162 valence electrons. The highest BCUT2D eigenvalue weighted by Gasteiger charge is 2.29. The number of nitriles is 1. The highest BCUT2D eigenvalue weighted by atomic mass is 32.1. The molecule has 1 aliphatic rings. The lowest BCUT2D eigenvalue weighted by molar-refractivity contribution is 0.0966. The van der Waals surface area contributed by atoms with Crippen LogP contribution in [-0.4, -0.2) is 15.5 Å². The third-order valence-electron chi connectivity index (χ3n) is 6.36. The normalized spacial score (nSPS) is 13.3. The van der Waals surface area contributed by atoms with Crippen molar-refractivity contribution in [2.24, 2.45) is 0 Å². The number of aromatic nitrogens is 2. The minimum absolute atomic E-state index is 0.0837. The van der Waals surface area contributed by atoms with Crippen molar-refractivity contribution in [2.75, 3.05) is 11.5 Å². The molecule has 6 rings (SSSR count). The van der Waals surface area contributed by atoms with E-state index in [4.69, 9.17) is 15.9 Å². The molecule has 33 heavy (non-hydrogen) atoms. The minimum Gasteiger partial charge on any atom is -0.464 e. The van der Waals surface area contributed by atoms with Crippen molar-refractivity contribution < 1.29 is 9.21 Å². The van der Waals surface area contributed by atoms with Crippen LogP contribution in [0.25, 0.3) is 32.4 Å². The first-order chi connectivity index (χ1) is 16.1. The van der Waals surface area contributed by atoms with Gasteiger partial charge in [-0.05, 0) is 49.4 Å². The van der Waals surface area contributed by atoms with E-state index in [1.165, 1.54) is 23.2 Å². The van der Waals surface area contributed by atoms with Crippen LogP contribution in [-0.2, 0) is 12.8 Å². The maximum atomic E-state index is 14.0. The number of carbonyl (C=O) groups excluding carboxylic acids is 1. The maximum absolute atomic E-state index is 14.0. The predicted octanol–water partition coefficient (Wildman–Crippen LogP) is 5.11. The highest BCUT2D eigenvalue weighted by molar-refractivity contribution is 7.21. The van der Waals surface area contributed by atoms with Gasteiger partial charge in [0.15, 0.2) is 0 Å². The van der Waals surface area contributed by atoms with Crippen molar-refractivity contribution in [3.8, 4) is 17.4 Å². The van der Waals surface area contributed by atoms with E-state index in [9.17, 15) is 10.1 Å². The second kappa shape index (κ2) is 7.22. The number of pyridine rings is 1. The average Bonchev–Trinajstić information content (AvgIpc) is 3.55. The zero-order valence-electron chi connectivity index (χ0n) is 17.6. The monoisotopic (exact) mass is 453 g/mol. The molecule has 0 radical (unpaired) electrons. The lowest BCUT2D eigenvalue weighted by Crippen LogP contribution is -2.17. The fourth-order valence-corrected chi connectivity index (χ4v) is 5.98. The molecule has 4 N–H and O–H groups in total. The van der Waals surface area contributed by atoms with Gasteiger partial charge < -0.3 is 15.9 Å². The molecule has 0 saturated carbocycles. The van der Waals surface area contributed by atoms with Crippen LogP contribution >= 0.6 is 11.3 Å². The van der Waals surface area contributed by atoms with Crippen molar-refractivity contribution in [3.05, 3.63) is 64.4 Å². The van der Waals surface area contributed by atoms with E-state index in [0.717, 1.165) is 42.3 Å². The summed E-state index contributed by atoms with van der Waals surface area (Å²) in [6.07, 6.45) is 5.50. The summed E-state index contributed by atoms with van der Waals surface area (Å²) in [5.41, 5.74) is 16.8. The number of aryl methyl sites for hydroxylation is 1. The fraction of sp³-hybridized carbons (Fsp3) is 0.160. The fourth-order valence-electron chi connectivity index (χ4n) is 4.94. The summed E-state index contributed by atoms with van der Waals surface area (Å²) in [4.78, 5) is 19.3. The van der Waals surface area contributed by atoms with Crippen molar-refractivity contribution >= 4 is 49.9 Å². The second-order valence-electron chi connectivity index (χ2n) is 8.15. The Morgan fingerprint density at radius 3 is 2.76 bits per heavy atom. The third-order valence-corrected chi connectivity index (χ3v) is 7.45. The Morgan fingerprint density at radius 2 is 1.97 bits per heavy atom. The molecular formula is C25H19N5O2S. The molecule has 0 atom stereocenters. The van der Waals surface area contributed by atoms with Gasteiger partial charge in [-0.15, -0.1) is 11.3 Å². The van der Waals surface area contributed by atoms with Crippen LogP contribution in [0.4, 0.5) is 11.5 Å². The molecular weight excluding hydrogens is 434 g/mol. The highest BCUT2D eigenvalue weighted by Crippen LogP contribution is 2.43. The van der Waals surface area contributed by atoms with Crippen molar-refractivity contribution in [2.45, 2.75) is 25.7 Å². The number of nitrogens with zero attached hydrogens (tertiary/aromatic N) is 3. The van der Waals surface area contributed by atoms with Gasteiger partial charge in [0.05, 0.1) is 23.0 Å². The van der Waals surface area contributed by atoms with Gasteiger partial charge in [0, 0.05) is 16.5 Å². The van der Waals surface area contributed by atoms with Gasteiger partial charge in [0.2, 0.25) is 0 Å². The van der Waals surface area contributed by atoms with Gasteiger partial charge in [-0.2, -0.15) is 5.26 Å². The summed E-state index contributed by atoms with van der Waals surface area (Å²) in [7, 11) is 0. The van der Waals surface area contributed by atoms with Gasteiger partial charge in [-0.25, -0.2) is 4.98 Å². The van der Waals surface area contributed by atoms with E-state index in [1.807, 2.05) is 22.8 Å². The Labute approximate surface area is 192 Å². The number of benzene rings is 1. The van der Waals surface area contributed by atoms with Gasteiger partial charge in [-0.1, -0.05) is 18.2 Å². The first-order valence-electron chi connectivity index (χ1n) is 10.7. The van der Waals surface area contributed by atoms with Gasteiger partial charge in [0.1, 0.15) is 32.9 Å². The van der Waals surface area contributed by atoms with Gasteiger partial charge >= 0.3 is 0 Å². The zero-order valence-corrected chi connectivity index (χ0v) is 18.4.